The molecule has 0 saturated carbocycles. The average molecular weight is 446 g/mol. The first-order valence-electron chi connectivity index (χ1n) is 9.98. The minimum atomic E-state index is -4.49. The summed E-state index contributed by atoms with van der Waals surface area (Å²) in [6.45, 7) is -0.815. The van der Waals surface area contributed by atoms with E-state index in [-0.39, 0.29) is 11.8 Å². The fraction of sp³-hybridized carbons (Fsp3) is 0.286. The van der Waals surface area contributed by atoms with Gasteiger partial charge >= 0.3 is 6.18 Å². The van der Waals surface area contributed by atoms with Crippen LogP contribution in [0.15, 0.2) is 49.1 Å². The first-order chi connectivity index (χ1) is 15.4. The number of alkyl halides is 3. The Kier molecular flexibility index (Phi) is 4.95. The number of halogens is 4. The molecular weight excluding hydrogens is 428 g/mol. The maximum absolute atomic E-state index is 14.0. The zero-order valence-corrected chi connectivity index (χ0v) is 16.7. The van der Waals surface area contributed by atoms with Crippen LogP contribution in [0.4, 0.5) is 23.4 Å². The van der Waals surface area contributed by atoms with Crippen LogP contribution in [0.3, 0.4) is 0 Å². The molecule has 5 rings (SSSR count). The van der Waals surface area contributed by atoms with Gasteiger partial charge in [-0.05, 0) is 37.1 Å². The van der Waals surface area contributed by atoms with Crippen molar-refractivity contribution in [2.75, 3.05) is 18.1 Å². The molecule has 7 nitrogen and oxygen atoms in total. The minimum absolute atomic E-state index is 0.0186. The SMILES string of the molecule is Fc1ccc(OCC(F)(F)F)c([C@H]2CCCN2c2ccn3ncc(-c4cn[nH]c4)c3n2)c1. The smallest absolute Gasteiger partial charge is 0.422 e. The van der Waals surface area contributed by atoms with Crippen LogP contribution in [0.1, 0.15) is 24.4 Å². The fourth-order valence-electron chi connectivity index (χ4n) is 4.06. The number of ether oxygens (including phenoxy) is 1. The summed E-state index contributed by atoms with van der Waals surface area (Å²) in [7, 11) is 0. The van der Waals surface area contributed by atoms with E-state index in [1.807, 2.05) is 4.90 Å². The monoisotopic (exact) mass is 446 g/mol. The number of hydrogen-bond acceptors (Lipinski definition) is 5. The van der Waals surface area contributed by atoms with Gasteiger partial charge in [0.15, 0.2) is 12.3 Å². The first-order valence-corrected chi connectivity index (χ1v) is 9.98. The van der Waals surface area contributed by atoms with E-state index in [2.05, 4.69) is 15.3 Å². The lowest BCUT2D eigenvalue weighted by atomic mass is 10.0. The number of fused-ring (bicyclic) bond motifs is 1. The third-order valence-corrected chi connectivity index (χ3v) is 5.43. The van der Waals surface area contributed by atoms with E-state index in [0.717, 1.165) is 23.6 Å². The lowest BCUT2D eigenvalue weighted by molar-refractivity contribution is -0.153. The first kappa shape index (κ1) is 20.3. The predicted octanol–water partition coefficient (Wildman–Crippen LogP) is 4.54. The van der Waals surface area contributed by atoms with Gasteiger partial charge in [0.1, 0.15) is 17.4 Å². The van der Waals surface area contributed by atoms with Crippen molar-refractivity contribution in [1.29, 1.82) is 0 Å². The number of benzene rings is 1. The molecule has 11 heteroatoms. The molecule has 1 saturated heterocycles. The molecule has 1 N–H and O–H groups in total. The van der Waals surface area contributed by atoms with Crippen LogP contribution in [-0.2, 0) is 0 Å². The Bertz CT molecular complexity index is 1240. The van der Waals surface area contributed by atoms with E-state index in [4.69, 9.17) is 9.72 Å². The second-order valence-corrected chi connectivity index (χ2v) is 7.54. The minimum Gasteiger partial charge on any atom is -0.484 e. The molecule has 1 aromatic carbocycles. The maximum Gasteiger partial charge on any atom is 0.422 e. The highest BCUT2D eigenvalue weighted by molar-refractivity contribution is 5.77. The zero-order chi connectivity index (χ0) is 22.3. The highest BCUT2D eigenvalue weighted by atomic mass is 19.4. The van der Waals surface area contributed by atoms with Gasteiger partial charge in [0.2, 0.25) is 0 Å². The van der Waals surface area contributed by atoms with Crippen LogP contribution < -0.4 is 9.64 Å². The standard InChI is InChI=1S/C21H18F4N6O/c22-14-3-4-18(32-12-21(23,24)25)15(8-14)17-2-1-6-30(17)19-5-7-31-20(29-19)16(11-28-31)13-9-26-27-10-13/h3-5,7-11,17H,1-2,6,12H2,(H,26,27)/t17-/m1/s1. The van der Waals surface area contributed by atoms with Gasteiger partial charge in [0, 0.05) is 35.6 Å². The molecule has 1 fully saturated rings. The summed E-state index contributed by atoms with van der Waals surface area (Å²) in [5.41, 5.74) is 2.60. The van der Waals surface area contributed by atoms with Crippen LogP contribution in [0.2, 0.25) is 0 Å². The maximum atomic E-state index is 14.0. The van der Waals surface area contributed by atoms with Crippen LogP contribution in [-0.4, -0.2) is 44.1 Å². The highest BCUT2D eigenvalue weighted by Gasteiger charge is 2.33. The predicted molar refractivity (Wildman–Crippen MR) is 108 cm³/mol. The van der Waals surface area contributed by atoms with Crippen molar-refractivity contribution in [3.8, 4) is 16.9 Å². The molecule has 3 aromatic heterocycles. The lowest BCUT2D eigenvalue weighted by Gasteiger charge is -2.27. The Balaban J connectivity index is 1.51. The molecule has 4 aromatic rings. The molecule has 0 radical (unpaired) electrons. The molecule has 0 amide bonds. The second kappa shape index (κ2) is 7.81. The van der Waals surface area contributed by atoms with Crippen molar-refractivity contribution in [2.45, 2.75) is 25.1 Å². The van der Waals surface area contributed by atoms with Gasteiger partial charge in [-0.1, -0.05) is 0 Å². The van der Waals surface area contributed by atoms with E-state index < -0.39 is 18.6 Å². The number of aromatic nitrogens is 5. The third-order valence-electron chi connectivity index (χ3n) is 5.43. The van der Waals surface area contributed by atoms with Crippen molar-refractivity contribution < 1.29 is 22.3 Å². The van der Waals surface area contributed by atoms with Crippen LogP contribution in [0, 0.1) is 5.82 Å². The van der Waals surface area contributed by atoms with Gasteiger partial charge in [-0.3, -0.25) is 5.10 Å². The topological polar surface area (TPSA) is 71.3 Å². The molecular formula is C21H18F4N6O. The number of H-pyrrole nitrogens is 1. The lowest BCUT2D eigenvalue weighted by Crippen LogP contribution is -2.25. The van der Waals surface area contributed by atoms with Gasteiger partial charge in [0.25, 0.3) is 0 Å². The number of anilines is 1. The Morgan fingerprint density at radius 3 is 2.84 bits per heavy atom. The van der Waals surface area contributed by atoms with Crippen molar-refractivity contribution in [3.63, 3.8) is 0 Å². The van der Waals surface area contributed by atoms with Gasteiger partial charge in [-0.25, -0.2) is 13.9 Å². The summed E-state index contributed by atoms with van der Waals surface area (Å²) < 4.78 is 58.8. The molecule has 0 unspecified atom stereocenters. The van der Waals surface area contributed by atoms with Crippen LogP contribution in [0.25, 0.3) is 16.8 Å². The highest BCUT2D eigenvalue weighted by Crippen LogP contribution is 2.40. The van der Waals surface area contributed by atoms with Gasteiger partial charge < -0.3 is 9.64 Å². The Morgan fingerprint density at radius 1 is 1.19 bits per heavy atom. The van der Waals surface area contributed by atoms with Crippen LogP contribution >= 0.6 is 0 Å². The summed E-state index contributed by atoms with van der Waals surface area (Å²) in [5.74, 6) is 0.106. The summed E-state index contributed by atoms with van der Waals surface area (Å²) >= 11 is 0. The molecule has 0 aliphatic carbocycles. The number of hydrogen-bond donors (Lipinski definition) is 1. The van der Waals surface area contributed by atoms with Crippen molar-refractivity contribution in [1.82, 2.24) is 24.8 Å². The molecule has 166 valence electrons. The Labute approximate surface area is 179 Å². The van der Waals surface area contributed by atoms with Crippen molar-refractivity contribution >= 4 is 11.5 Å². The second-order valence-electron chi connectivity index (χ2n) is 7.54. The van der Waals surface area contributed by atoms with Crippen molar-refractivity contribution in [3.05, 3.63) is 60.4 Å². The summed E-state index contributed by atoms with van der Waals surface area (Å²) in [5, 5.41) is 11.0. The van der Waals surface area contributed by atoms with E-state index in [1.165, 1.54) is 12.1 Å². The molecule has 4 heterocycles. The van der Waals surface area contributed by atoms with Gasteiger partial charge in [-0.15, -0.1) is 0 Å². The summed E-state index contributed by atoms with van der Waals surface area (Å²) in [6.07, 6.45) is 3.78. The number of nitrogens with one attached hydrogen (secondary N) is 1. The molecule has 32 heavy (non-hydrogen) atoms. The normalized spacial score (nSPS) is 16.8. The van der Waals surface area contributed by atoms with E-state index in [9.17, 15) is 17.6 Å². The van der Waals surface area contributed by atoms with Gasteiger partial charge in [-0.2, -0.15) is 23.4 Å². The summed E-state index contributed by atoms with van der Waals surface area (Å²) in [6, 6.07) is 5.00. The largest absolute Gasteiger partial charge is 0.484 e. The molecule has 0 spiro atoms. The molecule has 1 aliphatic rings. The van der Waals surface area contributed by atoms with E-state index in [0.29, 0.717) is 30.0 Å². The average Bonchev–Trinajstić information content (AvgIpc) is 3.51. The number of aromatic amines is 1. The fourth-order valence-corrected chi connectivity index (χ4v) is 4.06. The molecule has 0 bridgehead atoms. The van der Waals surface area contributed by atoms with Crippen LogP contribution in [0.5, 0.6) is 5.75 Å². The molecule has 1 atom stereocenters. The number of nitrogens with zero attached hydrogens (tertiary/aromatic N) is 5. The zero-order valence-electron chi connectivity index (χ0n) is 16.7. The van der Waals surface area contributed by atoms with Crippen molar-refractivity contribution in [2.24, 2.45) is 0 Å². The Hall–Kier alpha value is -3.63. The van der Waals surface area contributed by atoms with E-state index >= 15 is 0 Å². The third kappa shape index (κ3) is 3.85. The van der Waals surface area contributed by atoms with Gasteiger partial charge in [0.05, 0.1) is 18.4 Å². The van der Waals surface area contributed by atoms with E-state index in [1.54, 1.807) is 35.4 Å². The Morgan fingerprint density at radius 2 is 2.06 bits per heavy atom. The molecule has 1 aliphatic heterocycles. The quantitative estimate of drug-likeness (QED) is 0.456. The summed E-state index contributed by atoms with van der Waals surface area (Å²) in [4.78, 5) is 6.72. The number of rotatable bonds is 5.